The second-order valence-electron chi connectivity index (χ2n) is 22.4. The molecular weight excluding hydrogens is 936 g/mol. The molecule has 0 saturated heterocycles. The zero-order chi connectivity index (χ0) is 54.2. The Bertz CT molecular complexity index is 1430. The van der Waals surface area contributed by atoms with Gasteiger partial charge in [-0.1, -0.05) is 286 Å². The van der Waals surface area contributed by atoms with Gasteiger partial charge in [-0.25, -0.2) is 0 Å². The molecule has 0 rings (SSSR count). The van der Waals surface area contributed by atoms with Crippen LogP contribution in [0.15, 0.2) is 72.9 Å². The summed E-state index contributed by atoms with van der Waals surface area (Å²) in [6.45, 7) is 4.55. The van der Waals surface area contributed by atoms with Crippen LogP contribution in [0.1, 0.15) is 284 Å². The van der Waals surface area contributed by atoms with Gasteiger partial charge in [0.1, 0.15) is 13.2 Å². The van der Waals surface area contributed by atoms with E-state index in [0.717, 1.165) is 70.6 Å². The van der Waals surface area contributed by atoms with Crippen LogP contribution in [-0.4, -0.2) is 68.5 Å². The lowest BCUT2D eigenvalue weighted by Crippen LogP contribution is -2.45. The van der Waals surface area contributed by atoms with Crippen LogP contribution in [0.5, 0.6) is 0 Å². The van der Waals surface area contributed by atoms with Crippen LogP contribution >= 0.6 is 7.82 Å². The second kappa shape index (κ2) is 55.7. The van der Waals surface area contributed by atoms with Gasteiger partial charge in [-0.2, -0.15) is 0 Å². The van der Waals surface area contributed by atoms with Crippen LogP contribution in [0, 0.1) is 0 Å². The van der Waals surface area contributed by atoms with Crippen LogP contribution in [-0.2, 0) is 18.4 Å². The number of rotatable bonds is 57. The van der Waals surface area contributed by atoms with E-state index in [9.17, 15) is 19.4 Å². The van der Waals surface area contributed by atoms with Gasteiger partial charge in [0.05, 0.1) is 39.9 Å². The molecule has 0 radical (unpaired) electrons. The first-order chi connectivity index (χ1) is 36.0. The maximum atomic E-state index is 13.0. The fourth-order valence-corrected chi connectivity index (χ4v) is 9.79. The van der Waals surface area contributed by atoms with Gasteiger partial charge in [0.25, 0.3) is 7.82 Å². The quantitative estimate of drug-likeness (QED) is 0.0272. The third kappa shape index (κ3) is 57.6. The molecule has 9 heteroatoms. The summed E-state index contributed by atoms with van der Waals surface area (Å²) in [5.41, 5.74) is 0. The van der Waals surface area contributed by atoms with Crippen LogP contribution in [0.2, 0.25) is 0 Å². The molecule has 0 aliphatic carbocycles. The van der Waals surface area contributed by atoms with Crippen molar-refractivity contribution in [1.29, 1.82) is 0 Å². The van der Waals surface area contributed by atoms with E-state index in [1.807, 2.05) is 27.2 Å². The first kappa shape index (κ1) is 71.9. The molecule has 0 saturated carbocycles. The van der Waals surface area contributed by atoms with E-state index in [4.69, 9.17) is 9.05 Å². The maximum absolute atomic E-state index is 13.0. The molecule has 1 amide bonds. The zero-order valence-corrected chi connectivity index (χ0v) is 50.2. The number of hydrogen-bond donors (Lipinski definition) is 2. The fourth-order valence-electron chi connectivity index (χ4n) is 9.06. The van der Waals surface area contributed by atoms with E-state index >= 15 is 0 Å². The van der Waals surface area contributed by atoms with Gasteiger partial charge in [-0.15, -0.1) is 0 Å². The summed E-state index contributed by atoms with van der Waals surface area (Å²) in [7, 11) is 1.27. The van der Waals surface area contributed by atoms with Crippen molar-refractivity contribution >= 4 is 13.7 Å². The first-order valence-electron chi connectivity index (χ1n) is 31.3. The fraction of sp³-hybridized carbons (Fsp3) is 0.800. The number of phosphoric acid groups is 1. The van der Waals surface area contributed by atoms with Crippen molar-refractivity contribution in [3.05, 3.63) is 72.9 Å². The maximum Gasteiger partial charge on any atom is 0.268 e. The number of likely N-dealkylation sites (N-methyl/N-ethyl adjacent to an activating group) is 1. The van der Waals surface area contributed by atoms with Gasteiger partial charge >= 0.3 is 0 Å². The number of nitrogens with one attached hydrogen (secondary N) is 1. The van der Waals surface area contributed by atoms with E-state index in [-0.39, 0.29) is 19.1 Å². The molecule has 0 heterocycles. The van der Waals surface area contributed by atoms with Gasteiger partial charge in [0.15, 0.2) is 0 Å². The average molecular weight is 1060 g/mol. The van der Waals surface area contributed by atoms with E-state index in [1.165, 1.54) is 193 Å². The number of carbonyl (C=O) groups is 1. The summed E-state index contributed by atoms with van der Waals surface area (Å²) in [5, 5.41) is 13.9. The van der Waals surface area contributed by atoms with Gasteiger partial charge < -0.3 is 28.8 Å². The summed E-state index contributed by atoms with van der Waals surface area (Å²) in [5.74, 6) is -0.195. The molecule has 2 N–H and O–H groups in total. The third-order valence-corrected chi connectivity index (χ3v) is 14.9. The summed E-state index contributed by atoms with van der Waals surface area (Å²) < 4.78 is 23.3. The molecule has 0 aromatic heterocycles. The van der Waals surface area contributed by atoms with Crippen LogP contribution in [0.4, 0.5) is 0 Å². The number of allylic oxidation sites excluding steroid dienone is 11. The van der Waals surface area contributed by atoms with Gasteiger partial charge in [-0.05, 0) is 64.2 Å². The number of hydrogen-bond acceptors (Lipinski definition) is 6. The van der Waals surface area contributed by atoms with E-state index in [0.29, 0.717) is 17.4 Å². The Morgan fingerprint density at radius 1 is 0.486 bits per heavy atom. The lowest BCUT2D eigenvalue weighted by Gasteiger charge is -2.29. The highest BCUT2D eigenvalue weighted by molar-refractivity contribution is 7.45. The molecule has 0 aliphatic heterocycles. The highest BCUT2D eigenvalue weighted by Crippen LogP contribution is 2.38. The number of quaternary nitrogens is 1. The smallest absolute Gasteiger partial charge is 0.268 e. The average Bonchev–Trinajstić information content (AvgIpc) is 3.36. The Labute approximate surface area is 459 Å². The minimum atomic E-state index is -4.59. The Morgan fingerprint density at radius 2 is 0.824 bits per heavy atom. The van der Waals surface area contributed by atoms with E-state index < -0.39 is 20.0 Å². The Hall–Kier alpha value is -2.06. The predicted molar refractivity (Wildman–Crippen MR) is 320 cm³/mol. The monoisotopic (exact) mass is 1060 g/mol. The van der Waals surface area contributed by atoms with Crippen molar-refractivity contribution in [2.24, 2.45) is 0 Å². The lowest BCUT2D eigenvalue weighted by molar-refractivity contribution is -0.870. The minimum Gasteiger partial charge on any atom is -0.756 e. The zero-order valence-electron chi connectivity index (χ0n) is 49.3. The topological polar surface area (TPSA) is 108 Å². The Morgan fingerprint density at radius 3 is 1.20 bits per heavy atom. The largest absolute Gasteiger partial charge is 0.756 e. The molecular formula is C65H121N2O6P. The predicted octanol–water partition coefficient (Wildman–Crippen LogP) is 18.8. The normalized spacial score (nSPS) is 14.3. The number of unbranched alkanes of at least 4 members (excludes halogenated alkanes) is 34. The van der Waals surface area contributed by atoms with Crippen molar-refractivity contribution in [2.75, 3.05) is 40.9 Å². The third-order valence-electron chi connectivity index (χ3n) is 13.9. The van der Waals surface area contributed by atoms with E-state index in [2.05, 4.69) is 79.9 Å². The molecule has 3 unspecified atom stereocenters. The minimum absolute atomic E-state index is 0.000665. The van der Waals surface area contributed by atoms with Gasteiger partial charge in [0.2, 0.25) is 5.91 Å². The molecule has 432 valence electrons. The first-order valence-corrected chi connectivity index (χ1v) is 32.8. The standard InChI is InChI=1S/C65H121N2O6P/c1-6-8-10-12-14-16-18-20-21-22-23-24-25-26-27-28-29-30-31-32-33-34-35-36-37-38-39-40-41-42-43-44-45-47-49-51-53-55-57-59-65(69)66-63(62-73-74(70,71)72-61-60-67(3,4)5)64(68)58-56-54-52-50-48-46-19-17-15-13-11-9-7-2/h8,10,14,16,20-21,23-24,26-27,56,58,63-64,68H,6-7,9,11-13,15,17-19,22,25,28-55,57,59-62H2,1-5H3,(H-,66,69,70,71)/b10-8-,16-14-,21-20-,24-23-,27-26-,58-56+. The van der Waals surface area contributed by atoms with Crippen LogP contribution < -0.4 is 10.2 Å². The molecule has 0 fully saturated rings. The molecule has 0 aliphatic rings. The number of phosphoric ester groups is 1. The van der Waals surface area contributed by atoms with Gasteiger partial charge in [-0.3, -0.25) is 9.36 Å². The second-order valence-corrected chi connectivity index (χ2v) is 23.8. The lowest BCUT2D eigenvalue weighted by atomic mass is 10.0. The summed E-state index contributed by atoms with van der Waals surface area (Å²) in [6.07, 6.45) is 77.2. The van der Waals surface area contributed by atoms with Crippen LogP contribution in [0.3, 0.4) is 0 Å². The van der Waals surface area contributed by atoms with Crippen LogP contribution in [0.25, 0.3) is 0 Å². The molecule has 8 nitrogen and oxygen atoms in total. The van der Waals surface area contributed by atoms with Crippen molar-refractivity contribution in [2.45, 2.75) is 296 Å². The van der Waals surface area contributed by atoms with Crippen molar-refractivity contribution in [3.63, 3.8) is 0 Å². The number of aliphatic hydroxyl groups excluding tert-OH is 1. The number of carbonyl (C=O) groups excluding carboxylic acids is 1. The SMILES string of the molecule is CC/C=C\C/C=C\C/C=C\C/C=C\C/C=C\CCCCCCCCCCCCCCCCCCCCCCCCCC(=O)NC(COP(=O)([O-])OCC[N+](C)(C)C)C(O)/C=C/CCCCCCCCCCCCC. The summed E-state index contributed by atoms with van der Waals surface area (Å²) in [4.78, 5) is 25.5. The summed E-state index contributed by atoms with van der Waals surface area (Å²) >= 11 is 0. The van der Waals surface area contributed by atoms with E-state index in [1.54, 1.807) is 6.08 Å². The molecule has 0 spiro atoms. The van der Waals surface area contributed by atoms with Crippen molar-refractivity contribution in [1.82, 2.24) is 5.32 Å². The van der Waals surface area contributed by atoms with Crippen molar-refractivity contribution in [3.8, 4) is 0 Å². The molecule has 0 aromatic carbocycles. The number of aliphatic hydroxyl groups is 1. The number of nitrogens with zero attached hydrogens (tertiary/aromatic N) is 1. The number of amides is 1. The Balaban J connectivity index is 3.90. The molecule has 3 atom stereocenters. The van der Waals surface area contributed by atoms with Gasteiger partial charge in [0, 0.05) is 6.42 Å². The molecule has 0 bridgehead atoms. The summed E-state index contributed by atoms with van der Waals surface area (Å²) in [6, 6.07) is -0.886. The molecule has 0 aromatic rings. The highest BCUT2D eigenvalue weighted by atomic mass is 31.2. The van der Waals surface area contributed by atoms with Crippen molar-refractivity contribution < 1.29 is 32.9 Å². The highest BCUT2D eigenvalue weighted by Gasteiger charge is 2.23. The Kier molecular flexibility index (Phi) is 54.1. The molecule has 74 heavy (non-hydrogen) atoms.